The number of hydrogen-bond donors (Lipinski definition) is 2. The molecule has 1 aromatic rings. The van der Waals surface area contributed by atoms with Crippen molar-refractivity contribution in [3.8, 4) is 0 Å². The number of aliphatic carboxylic acids is 1. The first-order valence-corrected chi connectivity index (χ1v) is 7.38. The Hall–Kier alpha value is -1.88. The summed E-state index contributed by atoms with van der Waals surface area (Å²) >= 11 is 0. The maximum atomic E-state index is 12.6. The van der Waals surface area contributed by atoms with Gasteiger partial charge in [-0.05, 0) is 37.3 Å². The van der Waals surface area contributed by atoms with E-state index in [-0.39, 0.29) is 18.0 Å². The maximum Gasteiger partial charge on any atom is 0.308 e. The highest BCUT2D eigenvalue weighted by atomic mass is 16.4. The summed E-state index contributed by atoms with van der Waals surface area (Å²) in [7, 11) is 0. The number of amides is 1. The van der Waals surface area contributed by atoms with Crippen LogP contribution >= 0.6 is 0 Å². The SMILES string of the molecule is NC1(CC(=O)N2CC(C(=O)O)Cc3ccccc32)CCC1. The molecule has 112 valence electrons. The van der Waals surface area contributed by atoms with Crippen molar-refractivity contribution in [2.24, 2.45) is 11.7 Å². The van der Waals surface area contributed by atoms with Gasteiger partial charge in [-0.15, -0.1) is 0 Å². The highest BCUT2D eigenvalue weighted by Gasteiger charge is 2.38. The molecular weight excluding hydrogens is 268 g/mol. The fourth-order valence-corrected chi connectivity index (χ4v) is 3.20. The number of carbonyl (C=O) groups excluding carboxylic acids is 1. The fourth-order valence-electron chi connectivity index (χ4n) is 3.20. The Morgan fingerprint density at radius 2 is 2.05 bits per heavy atom. The molecule has 1 atom stereocenters. The molecule has 0 bridgehead atoms. The normalized spacial score (nSPS) is 23.1. The van der Waals surface area contributed by atoms with Crippen molar-refractivity contribution in [3.05, 3.63) is 29.8 Å². The van der Waals surface area contributed by atoms with Gasteiger partial charge in [-0.2, -0.15) is 0 Å². The van der Waals surface area contributed by atoms with Crippen LogP contribution in [-0.4, -0.2) is 29.1 Å². The van der Waals surface area contributed by atoms with Crippen LogP contribution in [0.1, 0.15) is 31.2 Å². The van der Waals surface area contributed by atoms with Gasteiger partial charge in [0.25, 0.3) is 0 Å². The molecule has 0 aromatic heterocycles. The van der Waals surface area contributed by atoms with Gasteiger partial charge in [0.05, 0.1) is 5.92 Å². The van der Waals surface area contributed by atoms with Crippen LogP contribution in [-0.2, 0) is 16.0 Å². The second-order valence-corrected chi connectivity index (χ2v) is 6.27. The van der Waals surface area contributed by atoms with Crippen LogP contribution in [0.25, 0.3) is 0 Å². The molecule has 1 unspecified atom stereocenters. The molecule has 1 amide bonds. The van der Waals surface area contributed by atoms with Gasteiger partial charge in [-0.3, -0.25) is 9.59 Å². The van der Waals surface area contributed by atoms with Crippen molar-refractivity contribution in [3.63, 3.8) is 0 Å². The Bertz CT molecular complexity index is 581. The number of anilines is 1. The number of benzene rings is 1. The lowest BCUT2D eigenvalue weighted by Crippen LogP contribution is -2.52. The zero-order valence-electron chi connectivity index (χ0n) is 11.9. The summed E-state index contributed by atoms with van der Waals surface area (Å²) in [5.41, 5.74) is 7.53. The van der Waals surface area contributed by atoms with Crippen molar-refractivity contribution < 1.29 is 14.7 Å². The minimum atomic E-state index is -0.853. The van der Waals surface area contributed by atoms with Crippen LogP contribution in [0, 0.1) is 5.92 Å². The molecule has 0 saturated heterocycles. The van der Waals surface area contributed by atoms with Gasteiger partial charge in [0.15, 0.2) is 0 Å². The van der Waals surface area contributed by atoms with E-state index in [2.05, 4.69) is 0 Å². The van der Waals surface area contributed by atoms with E-state index < -0.39 is 11.9 Å². The van der Waals surface area contributed by atoms with E-state index in [0.29, 0.717) is 12.8 Å². The first kappa shape index (κ1) is 14.1. The topological polar surface area (TPSA) is 83.6 Å². The quantitative estimate of drug-likeness (QED) is 0.884. The second kappa shape index (κ2) is 5.15. The van der Waals surface area contributed by atoms with E-state index in [4.69, 9.17) is 5.73 Å². The van der Waals surface area contributed by atoms with Gasteiger partial charge < -0.3 is 15.7 Å². The number of hydrogen-bond acceptors (Lipinski definition) is 3. The van der Waals surface area contributed by atoms with Crippen molar-refractivity contribution in [1.29, 1.82) is 0 Å². The first-order valence-electron chi connectivity index (χ1n) is 7.38. The summed E-state index contributed by atoms with van der Waals surface area (Å²) in [6.07, 6.45) is 3.59. The average molecular weight is 288 g/mol. The number of nitrogens with two attached hydrogens (primary N) is 1. The van der Waals surface area contributed by atoms with Crippen LogP contribution in [0.4, 0.5) is 5.69 Å². The summed E-state index contributed by atoms with van der Waals surface area (Å²) in [6.45, 7) is 0.237. The van der Waals surface area contributed by atoms with Gasteiger partial charge in [0, 0.05) is 24.2 Å². The molecular formula is C16H20N2O3. The van der Waals surface area contributed by atoms with E-state index in [0.717, 1.165) is 30.5 Å². The number of fused-ring (bicyclic) bond motifs is 1. The van der Waals surface area contributed by atoms with Crippen molar-refractivity contribution in [2.45, 2.75) is 37.6 Å². The largest absolute Gasteiger partial charge is 0.481 e. The Labute approximate surface area is 123 Å². The molecule has 1 aliphatic carbocycles. The molecule has 1 aliphatic heterocycles. The molecule has 5 nitrogen and oxygen atoms in total. The molecule has 0 spiro atoms. The number of carboxylic acid groups (broad SMARTS) is 1. The number of para-hydroxylation sites is 1. The molecule has 2 aliphatic rings. The predicted octanol–water partition coefficient (Wildman–Crippen LogP) is 1.55. The molecule has 0 radical (unpaired) electrons. The summed E-state index contributed by atoms with van der Waals surface area (Å²) < 4.78 is 0. The standard InChI is InChI=1S/C16H20N2O3/c17-16(6-3-7-16)9-14(19)18-10-12(15(20)21)8-11-4-1-2-5-13(11)18/h1-2,4-5,12H,3,6-10,17H2,(H,20,21). The highest BCUT2D eigenvalue weighted by Crippen LogP contribution is 2.35. The lowest BCUT2D eigenvalue weighted by Gasteiger charge is -2.40. The molecule has 1 aromatic carbocycles. The fraction of sp³-hybridized carbons (Fsp3) is 0.500. The van der Waals surface area contributed by atoms with Crippen molar-refractivity contribution >= 4 is 17.6 Å². The summed E-state index contributed by atoms with van der Waals surface area (Å²) in [5.74, 6) is -1.46. The van der Waals surface area contributed by atoms with Gasteiger partial charge >= 0.3 is 5.97 Å². The third-order valence-corrected chi connectivity index (χ3v) is 4.65. The minimum Gasteiger partial charge on any atom is -0.481 e. The van der Waals surface area contributed by atoms with E-state index >= 15 is 0 Å². The molecule has 3 rings (SSSR count). The molecule has 1 fully saturated rings. The van der Waals surface area contributed by atoms with Gasteiger partial charge in [-0.1, -0.05) is 18.2 Å². The Balaban J connectivity index is 1.85. The third-order valence-electron chi connectivity index (χ3n) is 4.65. The summed E-state index contributed by atoms with van der Waals surface area (Å²) in [5, 5.41) is 9.29. The highest BCUT2D eigenvalue weighted by molar-refractivity contribution is 5.96. The average Bonchev–Trinajstić information content (AvgIpc) is 2.44. The minimum absolute atomic E-state index is 0.0596. The Morgan fingerprint density at radius 1 is 1.33 bits per heavy atom. The Kier molecular flexibility index (Phi) is 3.45. The number of nitrogens with zero attached hydrogens (tertiary/aromatic N) is 1. The number of carboxylic acids is 1. The summed E-state index contributed by atoms with van der Waals surface area (Å²) in [4.78, 5) is 25.5. The molecule has 3 N–H and O–H groups in total. The van der Waals surface area contributed by atoms with Gasteiger partial charge in [0.1, 0.15) is 0 Å². The van der Waals surface area contributed by atoms with Gasteiger partial charge in [0.2, 0.25) is 5.91 Å². The van der Waals surface area contributed by atoms with E-state index in [1.54, 1.807) is 4.90 Å². The third kappa shape index (κ3) is 2.65. The molecule has 1 saturated carbocycles. The predicted molar refractivity (Wildman–Crippen MR) is 79.0 cm³/mol. The molecule has 1 heterocycles. The van der Waals surface area contributed by atoms with Crippen LogP contribution < -0.4 is 10.6 Å². The maximum absolute atomic E-state index is 12.6. The lowest BCUT2D eigenvalue weighted by atomic mass is 9.75. The van der Waals surface area contributed by atoms with E-state index in [1.165, 1.54) is 0 Å². The van der Waals surface area contributed by atoms with Crippen molar-refractivity contribution in [2.75, 3.05) is 11.4 Å². The van der Waals surface area contributed by atoms with Crippen LogP contribution in [0.2, 0.25) is 0 Å². The first-order chi connectivity index (χ1) is 9.98. The van der Waals surface area contributed by atoms with E-state index in [1.807, 2.05) is 24.3 Å². The zero-order chi connectivity index (χ0) is 15.0. The smallest absolute Gasteiger partial charge is 0.308 e. The monoisotopic (exact) mass is 288 g/mol. The van der Waals surface area contributed by atoms with Crippen LogP contribution in [0.15, 0.2) is 24.3 Å². The second-order valence-electron chi connectivity index (χ2n) is 6.27. The van der Waals surface area contributed by atoms with Crippen LogP contribution in [0.3, 0.4) is 0 Å². The Morgan fingerprint density at radius 3 is 2.67 bits per heavy atom. The lowest BCUT2D eigenvalue weighted by molar-refractivity contribution is -0.141. The van der Waals surface area contributed by atoms with Gasteiger partial charge in [-0.25, -0.2) is 0 Å². The van der Waals surface area contributed by atoms with Crippen LogP contribution in [0.5, 0.6) is 0 Å². The zero-order valence-corrected chi connectivity index (χ0v) is 11.9. The van der Waals surface area contributed by atoms with Crippen molar-refractivity contribution in [1.82, 2.24) is 0 Å². The summed E-state index contributed by atoms with van der Waals surface area (Å²) in [6, 6.07) is 7.53. The van der Waals surface area contributed by atoms with E-state index in [9.17, 15) is 14.7 Å². The molecule has 5 heteroatoms. The molecule has 21 heavy (non-hydrogen) atoms. The number of rotatable bonds is 3. The number of carbonyl (C=O) groups is 2.